The molecule has 18 heavy (non-hydrogen) atoms. The molecule has 2 heterocycles. The van der Waals surface area contributed by atoms with Crippen molar-refractivity contribution in [3.8, 4) is 11.8 Å². The van der Waals surface area contributed by atoms with E-state index >= 15 is 0 Å². The minimum absolute atomic E-state index is 0.107. The van der Waals surface area contributed by atoms with Crippen LogP contribution >= 0.6 is 22.9 Å². The summed E-state index contributed by atoms with van der Waals surface area (Å²) in [5.74, 6) is 5.93. The summed E-state index contributed by atoms with van der Waals surface area (Å²) in [6, 6.07) is 4.03. The molecular weight excluding hydrogens is 268 g/mol. The van der Waals surface area contributed by atoms with Crippen LogP contribution in [0.2, 0.25) is 5.02 Å². The van der Waals surface area contributed by atoms with E-state index in [2.05, 4.69) is 16.9 Å². The summed E-state index contributed by atoms with van der Waals surface area (Å²) in [5.41, 5.74) is 0.844. The van der Waals surface area contributed by atoms with Gasteiger partial charge < -0.3 is 5.11 Å². The Morgan fingerprint density at radius 2 is 2.33 bits per heavy atom. The maximum Gasteiger partial charge on any atom is 0.0815 e. The fourth-order valence-corrected chi connectivity index (χ4v) is 2.49. The Kier molecular flexibility index (Phi) is 4.43. The second-order valence-electron chi connectivity index (χ2n) is 3.80. The molecule has 2 rings (SSSR count). The maximum absolute atomic E-state index is 8.65. The molecule has 3 nitrogen and oxygen atoms in total. The van der Waals surface area contributed by atoms with E-state index in [0.717, 1.165) is 10.6 Å². The Bertz CT molecular complexity index is 572. The molecule has 0 bridgehead atoms. The van der Waals surface area contributed by atoms with Crippen LogP contribution in [0.4, 0.5) is 0 Å². The summed E-state index contributed by atoms with van der Waals surface area (Å²) in [6.45, 7) is 2.70. The van der Waals surface area contributed by atoms with Crippen LogP contribution in [-0.4, -0.2) is 21.5 Å². The second-order valence-corrected chi connectivity index (χ2v) is 5.38. The van der Waals surface area contributed by atoms with Gasteiger partial charge in [0.25, 0.3) is 0 Å². The van der Waals surface area contributed by atoms with Crippen molar-refractivity contribution in [2.45, 2.75) is 19.9 Å². The van der Waals surface area contributed by atoms with Crippen LogP contribution in [-0.2, 0) is 6.54 Å². The number of hydrogen-bond donors (Lipinski definition) is 1. The first-order valence-electron chi connectivity index (χ1n) is 5.57. The summed E-state index contributed by atoms with van der Waals surface area (Å²) in [4.78, 5) is 2.19. The molecular formula is C13H13ClN2OS. The molecule has 0 unspecified atom stereocenters. The fraction of sp³-hybridized carbons (Fsp3) is 0.308. The highest BCUT2D eigenvalue weighted by molar-refractivity contribution is 7.12. The highest BCUT2D eigenvalue weighted by atomic mass is 35.5. The predicted octanol–water partition coefficient (Wildman–Crippen LogP) is 2.69. The first kappa shape index (κ1) is 13.2. The van der Waals surface area contributed by atoms with Gasteiger partial charge in [0.15, 0.2) is 0 Å². The molecule has 0 saturated carbocycles. The van der Waals surface area contributed by atoms with Crippen LogP contribution < -0.4 is 0 Å². The standard InChI is InChI=1S/C13H13ClN2OS/c1-10-13(14)9-16(15-10)8-12-6-5-11(18-12)4-2-3-7-17/h5-6,9,17H,3,7-8H2,1H3. The van der Waals surface area contributed by atoms with E-state index in [0.29, 0.717) is 18.0 Å². The van der Waals surface area contributed by atoms with E-state index in [4.69, 9.17) is 16.7 Å². The van der Waals surface area contributed by atoms with Gasteiger partial charge in [0.1, 0.15) is 0 Å². The smallest absolute Gasteiger partial charge is 0.0815 e. The summed E-state index contributed by atoms with van der Waals surface area (Å²) < 4.78 is 1.83. The second kappa shape index (κ2) is 6.05. The Morgan fingerprint density at radius 3 is 3.00 bits per heavy atom. The quantitative estimate of drug-likeness (QED) is 0.878. The Balaban J connectivity index is 2.05. The molecule has 94 valence electrons. The molecule has 0 saturated heterocycles. The van der Waals surface area contributed by atoms with Crippen LogP contribution in [0.25, 0.3) is 0 Å². The number of hydrogen-bond acceptors (Lipinski definition) is 3. The van der Waals surface area contributed by atoms with Crippen LogP contribution in [0.5, 0.6) is 0 Å². The van der Waals surface area contributed by atoms with Gasteiger partial charge in [0.2, 0.25) is 0 Å². The normalized spacial score (nSPS) is 10.2. The molecule has 0 fully saturated rings. The molecule has 5 heteroatoms. The van der Waals surface area contributed by atoms with E-state index in [-0.39, 0.29) is 6.61 Å². The van der Waals surface area contributed by atoms with Gasteiger partial charge in [0, 0.05) is 17.5 Å². The number of rotatable bonds is 3. The summed E-state index contributed by atoms with van der Waals surface area (Å²) >= 11 is 7.59. The molecule has 0 aromatic carbocycles. The van der Waals surface area contributed by atoms with Gasteiger partial charge >= 0.3 is 0 Å². The SMILES string of the molecule is Cc1nn(Cc2ccc(C#CCCO)s2)cc1Cl. The number of aliphatic hydroxyl groups excluding tert-OH is 1. The van der Waals surface area contributed by atoms with Crippen molar-refractivity contribution in [1.29, 1.82) is 0 Å². The van der Waals surface area contributed by atoms with Gasteiger partial charge in [-0.3, -0.25) is 4.68 Å². The van der Waals surface area contributed by atoms with Crippen molar-refractivity contribution in [3.63, 3.8) is 0 Å². The lowest BCUT2D eigenvalue weighted by molar-refractivity contribution is 0.305. The van der Waals surface area contributed by atoms with Crippen molar-refractivity contribution in [2.24, 2.45) is 0 Å². The highest BCUT2D eigenvalue weighted by Gasteiger charge is 2.04. The molecule has 0 atom stereocenters. The average Bonchev–Trinajstić information content (AvgIpc) is 2.88. The van der Waals surface area contributed by atoms with Gasteiger partial charge in [-0.2, -0.15) is 5.10 Å². The molecule has 0 aliphatic rings. The van der Waals surface area contributed by atoms with Crippen molar-refractivity contribution in [1.82, 2.24) is 9.78 Å². The first-order chi connectivity index (χ1) is 8.69. The molecule has 0 amide bonds. The third-order valence-electron chi connectivity index (χ3n) is 2.31. The molecule has 0 spiro atoms. The Labute approximate surface area is 115 Å². The van der Waals surface area contributed by atoms with Crippen LogP contribution in [0.15, 0.2) is 18.3 Å². The van der Waals surface area contributed by atoms with Gasteiger partial charge in [-0.1, -0.05) is 23.4 Å². The lowest BCUT2D eigenvalue weighted by Crippen LogP contribution is -1.98. The number of thiophene rings is 1. The largest absolute Gasteiger partial charge is 0.395 e. The van der Waals surface area contributed by atoms with E-state index in [9.17, 15) is 0 Å². The minimum atomic E-state index is 0.107. The number of aryl methyl sites for hydroxylation is 1. The van der Waals surface area contributed by atoms with Crippen LogP contribution in [0, 0.1) is 18.8 Å². The van der Waals surface area contributed by atoms with Gasteiger partial charge in [-0.25, -0.2) is 0 Å². The number of halogens is 1. The Hall–Kier alpha value is -1.28. The summed E-state index contributed by atoms with van der Waals surface area (Å²) in [7, 11) is 0. The number of aromatic nitrogens is 2. The highest BCUT2D eigenvalue weighted by Crippen LogP contribution is 2.18. The van der Waals surface area contributed by atoms with E-state index in [1.807, 2.05) is 29.9 Å². The lowest BCUT2D eigenvalue weighted by Gasteiger charge is -1.96. The average molecular weight is 281 g/mol. The Morgan fingerprint density at radius 1 is 1.50 bits per heavy atom. The van der Waals surface area contributed by atoms with Crippen molar-refractivity contribution in [2.75, 3.05) is 6.61 Å². The summed E-state index contributed by atoms with van der Waals surface area (Å²) in [5, 5.41) is 13.7. The van der Waals surface area contributed by atoms with Crippen molar-refractivity contribution >= 4 is 22.9 Å². The number of nitrogens with zero attached hydrogens (tertiary/aromatic N) is 2. The van der Waals surface area contributed by atoms with Crippen molar-refractivity contribution < 1.29 is 5.11 Å². The number of aliphatic hydroxyl groups is 1. The molecule has 0 radical (unpaired) electrons. The van der Waals surface area contributed by atoms with E-state index < -0.39 is 0 Å². The van der Waals surface area contributed by atoms with E-state index in [1.54, 1.807) is 11.3 Å². The lowest BCUT2D eigenvalue weighted by atomic mass is 10.4. The maximum atomic E-state index is 8.65. The molecule has 2 aromatic rings. The topological polar surface area (TPSA) is 38.0 Å². The molecule has 0 aliphatic carbocycles. The zero-order valence-corrected chi connectivity index (χ0v) is 11.6. The zero-order valence-electron chi connectivity index (χ0n) is 9.98. The molecule has 0 aliphatic heterocycles. The summed E-state index contributed by atoms with van der Waals surface area (Å²) in [6.07, 6.45) is 2.34. The van der Waals surface area contributed by atoms with Gasteiger partial charge in [0.05, 0.1) is 28.7 Å². The third-order valence-corrected chi connectivity index (χ3v) is 3.67. The van der Waals surface area contributed by atoms with Gasteiger partial charge in [-0.15, -0.1) is 11.3 Å². The zero-order chi connectivity index (χ0) is 13.0. The third kappa shape index (κ3) is 3.36. The van der Waals surface area contributed by atoms with Gasteiger partial charge in [-0.05, 0) is 19.1 Å². The van der Waals surface area contributed by atoms with E-state index in [1.165, 1.54) is 4.88 Å². The van der Waals surface area contributed by atoms with Crippen molar-refractivity contribution in [3.05, 3.63) is 38.8 Å². The first-order valence-corrected chi connectivity index (χ1v) is 6.76. The van der Waals surface area contributed by atoms with Crippen LogP contribution in [0.3, 0.4) is 0 Å². The molecule has 2 aromatic heterocycles. The predicted molar refractivity (Wildman–Crippen MR) is 74.0 cm³/mol. The monoisotopic (exact) mass is 280 g/mol. The molecule has 1 N–H and O–H groups in total. The fourth-order valence-electron chi connectivity index (χ4n) is 1.47. The minimum Gasteiger partial charge on any atom is -0.395 e. The van der Waals surface area contributed by atoms with Crippen LogP contribution in [0.1, 0.15) is 21.9 Å².